The summed E-state index contributed by atoms with van der Waals surface area (Å²) in [5.41, 5.74) is 1.04. The van der Waals surface area contributed by atoms with Crippen LogP contribution in [0, 0.1) is 24.4 Å². The molecule has 0 spiro atoms. The zero-order chi connectivity index (χ0) is 18.1. The molecule has 6 heteroatoms. The largest absolute Gasteiger partial charge is 0.307 e. The van der Waals surface area contributed by atoms with Crippen molar-refractivity contribution in [2.45, 2.75) is 26.4 Å². The van der Waals surface area contributed by atoms with Gasteiger partial charge in [-0.25, -0.2) is 13.2 Å². The highest BCUT2D eigenvalue weighted by atomic mass is 19.1. The maximum absolute atomic E-state index is 14.1. The summed E-state index contributed by atoms with van der Waals surface area (Å²) in [6.07, 6.45) is 0. The van der Waals surface area contributed by atoms with Gasteiger partial charge in [0.1, 0.15) is 17.5 Å². The number of rotatable bonds is 3. The third kappa shape index (κ3) is 3.39. The zero-order valence-corrected chi connectivity index (χ0v) is 14.1. The van der Waals surface area contributed by atoms with Gasteiger partial charge in [-0.15, -0.1) is 0 Å². The summed E-state index contributed by atoms with van der Waals surface area (Å²) in [7, 11) is 0. The van der Waals surface area contributed by atoms with Crippen molar-refractivity contribution in [1.82, 2.24) is 4.90 Å². The predicted octanol–water partition coefficient (Wildman–Crippen LogP) is 3.65. The first-order valence-electron chi connectivity index (χ1n) is 8.13. The molecule has 1 atom stereocenters. The summed E-state index contributed by atoms with van der Waals surface area (Å²) < 4.78 is 41.8. The number of halogens is 3. The van der Waals surface area contributed by atoms with E-state index < -0.39 is 23.5 Å². The summed E-state index contributed by atoms with van der Waals surface area (Å²) in [4.78, 5) is 15.8. The zero-order valence-electron chi connectivity index (χ0n) is 14.1. The number of benzene rings is 2. The number of hydrogen-bond acceptors (Lipinski definition) is 2. The van der Waals surface area contributed by atoms with Crippen LogP contribution in [-0.4, -0.2) is 29.9 Å². The molecule has 1 aliphatic heterocycles. The van der Waals surface area contributed by atoms with E-state index in [0.29, 0.717) is 6.54 Å². The lowest BCUT2D eigenvalue weighted by Gasteiger charge is -2.39. The number of nitrogens with zero attached hydrogens (tertiary/aromatic N) is 2. The molecule has 1 saturated heterocycles. The first-order valence-corrected chi connectivity index (χ1v) is 8.13. The minimum atomic E-state index is -0.633. The van der Waals surface area contributed by atoms with Gasteiger partial charge in [-0.2, -0.15) is 0 Å². The van der Waals surface area contributed by atoms with Crippen LogP contribution >= 0.6 is 0 Å². The lowest BCUT2D eigenvalue weighted by atomic mass is 10.1. The molecule has 0 radical (unpaired) electrons. The van der Waals surface area contributed by atoms with Gasteiger partial charge >= 0.3 is 0 Å². The molecule has 2 aromatic carbocycles. The molecule has 0 bridgehead atoms. The Bertz CT molecular complexity index is 789. The third-order valence-corrected chi connectivity index (χ3v) is 4.60. The van der Waals surface area contributed by atoms with Crippen molar-refractivity contribution in [1.29, 1.82) is 0 Å². The monoisotopic (exact) mass is 348 g/mol. The molecule has 3 rings (SSSR count). The van der Waals surface area contributed by atoms with Gasteiger partial charge in [-0.3, -0.25) is 9.69 Å². The van der Waals surface area contributed by atoms with Gasteiger partial charge in [0.25, 0.3) is 0 Å². The molecule has 0 aromatic heterocycles. The Balaban J connectivity index is 1.81. The lowest BCUT2D eigenvalue weighted by Crippen LogP contribution is -2.55. The van der Waals surface area contributed by atoms with Crippen LogP contribution in [0.2, 0.25) is 0 Å². The first kappa shape index (κ1) is 17.5. The van der Waals surface area contributed by atoms with Crippen molar-refractivity contribution in [2.24, 2.45) is 0 Å². The Labute approximate surface area is 144 Å². The number of aryl methyl sites for hydroxylation is 1. The van der Waals surface area contributed by atoms with Crippen molar-refractivity contribution in [3.8, 4) is 0 Å². The summed E-state index contributed by atoms with van der Waals surface area (Å²) in [5, 5.41) is 0. The molecule has 25 heavy (non-hydrogen) atoms. The Hall–Kier alpha value is -2.34. The summed E-state index contributed by atoms with van der Waals surface area (Å²) in [6.45, 7) is 4.15. The Morgan fingerprint density at radius 1 is 1.04 bits per heavy atom. The van der Waals surface area contributed by atoms with Crippen molar-refractivity contribution < 1.29 is 18.0 Å². The highest BCUT2D eigenvalue weighted by molar-refractivity contribution is 5.97. The minimum Gasteiger partial charge on any atom is -0.307 e. The molecule has 1 aliphatic rings. The number of hydrogen-bond donors (Lipinski definition) is 0. The van der Waals surface area contributed by atoms with Crippen molar-refractivity contribution in [3.63, 3.8) is 0 Å². The van der Waals surface area contributed by atoms with Crippen LogP contribution in [0.15, 0.2) is 36.4 Å². The van der Waals surface area contributed by atoms with Gasteiger partial charge in [0, 0.05) is 25.2 Å². The highest BCUT2D eigenvalue weighted by Crippen LogP contribution is 2.26. The smallest absolute Gasteiger partial charge is 0.244 e. The molecule has 1 fully saturated rings. The van der Waals surface area contributed by atoms with Crippen LogP contribution in [0.4, 0.5) is 18.9 Å². The molecule has 2 aromatic rings. The number of piperazine rings is 1. The Kier molecular flexibility index (Phi) is 4.81. The van der Waals surface area contributed by atoms with Crippen LogP contribution in [0.25, 0.3) is 0 Å². The van der Waals surface area contributed by atoms with Gasteiger partial charge in [0.05, 0.1) is 11.7 Å². The summed E-state index contributed by atoms with van der Waals surface area (Å²) in [6, 6.07) is 7.71. The third-order valence-electron chi connectivity index (χ3n) is 4.60. The average Bonchev–Trinajstić information content (AvgIpc) is 2.57. The molecule has 3 nitrogen and oxygen atoms in total. The van der Waals surface area contributed by atoms with Crippen LogP contribution in [0.1, 0.15) is 18.1 Å². The summed E-state index contributed by atoms with van der Waals surface area (Å²) in [5.74, 6) is -2.01. The van der Waals surface area contributed by atoms with Crippen LogP contribution in [0.3, 0.4) is 0 Å². The number of carbonyl (C=O) groups excluding carboxylic acids is 1. The molecule has 132 valence electrons. The van der Waals surface area contributed by atoms with E-state index in [0.717, 1.165) is 5.56 Å². The fourth-order valence-electron chi connectivity index (χ4n) is 3.09. The average molecular weight is 348 g/mol. The van der Waals surface area contributed by atoms with Gasteiger partial charge in [0.2, 0.25) is 5.91 Å². The lowest BCUT2D eigenvalue weighted by molar-refractivity contribution is -0.125. The van der Waals surface area contributed by atoms with Crippen LogP contribution in [-0.2, 0) is 11.3 Å². The van der Waals surface area contributed by atoms with Gasteiger partial charge in [0.15, 0.2) is 0 Å². The second kappa shape index (κ2) is 6.88. The maximum atomic E-state index is 14.1. The van der Waals surface area contributed by atoms with E-state index >= 15 is 0 Å². The Morgan fingerprint density at radius 2 is 1.72 bits per heavy atom. The van der Waals surface area contributed by atoms with Crippen molar-refractivity contribution >= 4 is 11.6 Å². The molecular weight excluding hydrogens is 329 g/mol. The van der Waals surface area contributed by atoms with E-state index in [4.69, 9.17) is 0 Å². The first-order chi connectivity index (χ1) is 11.9. The second-order valence-electron chi connectivity index (χ2n) is 6.29. The number of anilines is 1. The molecule has 0 aliphatic carbocycles. The van der Waals surface area contributed by atoms with Crippen molar-refractivity contribution in [2.75, 3.05) is 18.0 Å². The molecule has 0 saturated carbocycles. The number of amides is 1. The van der Waals surface area contributed by atoms with Crippen molar-refractivity contribution in [3.05, 3.63) is 65.0 Å². The van der Waals surface area contributed by atoms with Crippen LogP contribution < -0.4 is 4.90 Å². The fraction of sp³-hybridized carbons (Fsp3) is 0.316. The van der Waals surface area contributed by atoms with E-state index in [9.17, 15) is 18.0 Å². The molecule has 0 N–H and O–H groups in total. The van der Waals surface area contributed by atoms with E-state index in [-0.39, 0.29) is 30.2 Å². The van der Waals surface area contributed by atoms with Gasteiger partial charge < -0.3 is 4.90 Å². The van der Waals surface area contributed by atoms with Crippen LogP contribution in [0.5, 0.6) is 0 Å². The van der Waals surface area contributed by atoms with E-state index in [1.54, 1.807) is 24.0 Å². The highest BCUT2D eigenvalue weighted by Gasteiger charge is 2.34. The SMILES string of the molecule is Cc1ccc(F)c(N2CCN(Cc3c(F)cccc3F)C(C)C2=O)c1. The summed E-state index contributed by atoms with van der Waals surface area (Å²) >= 11 is 0. The number of carbonyl (C=O) groups is 1. The second-order valence-corrected chi connectivity index (χ2v) is 6.29. The molecule has 1 unspecified atom stereocenters. The minimum absolute atomic E-state index is 0.00441. The van der Waals surface area contributed by atoms with E-state index in [1.807, 2.05) is 6.92 Å². The van der Waals surface area contributed by atoms with E-state index in [2.05, 4.69) is 0 Å². The fourth-order valence-corrected chi connectivity index (χ4v) is 3.09. The predicted molar refractivity (Wildman–Crippen MR) is 89.7 cm³/mol. The quantitative estimate of drug-likeness (QED) is 0.845. The molecule has 1 amide bonds. The molecular formula is C19H19F3N2O. The topological polar surface area (TPSA) is 23.6 Å². The van der Waals surface area contributed by atoms with E-state index in [1.165, 1.54) is 29.2 Å². The van der Waals surface area contributed by atoms with Gasteiger partial charge in [-0.05, 0) is 43.7 Å². The van der Waals surface area contributed by atoms with Gasteiger partial charge in [-0.1, -0.05) is 12.1 Å². The maximum Gasteiger partial charge on any atom is 0.244 e. The normalized spacial score (nSPS) is 18.7. The molecule has 1 heterocycles. The Morgan fingerprint density at radius 3 is 2.40 bits per heavy atom. The standard InChI is InChI=1S/C19H19F3N2O/c1-12-6-7-17(22)18(10-12)24-9-8-23(13(2)19(24)25)11-14-15(20)4-3-5-16(14)21/h3-7,10,13H,8-9,11H2,1-2H3.